The molecule has 0 aromatic heterocycles. The molecule has 0 saturated heterocycles. The summed E-state index contributed by atoms with van der Waals surface area (Å²) >= 11 is 0. The van der Waals surface area contributed by atoms with E-state index in [-0.39, 0.29) is 12.6 Å². The molecule has 0 fully saturated rings. The van der Waals surface area contributed by atoms with Crippen LogP contribution >= 0.6 is 0 Å². The minimum Gasteiger partial charge on any atom is -0.496 e. The lowest BCUT2D eigenvalue weighted by molar-refractivity contribution is 0.250. The Morgan fingerprint density at radius 2 is 2.19 bits per heavy atom. The van der Waals surface area contributed by atoms with Crippen molar-refractivity contribution >= 4 is 0 Å². The average molecular weight is 223 g/mol. The van der Waals surface area contributed by atoms with Crippen molar-refractivity contribution < 1.29 is 9.84 Å². The highest BCUT2D eigenvalue weighted by molar-refractivity contribution is 5.37. The van der Waals surface area contributed by atoms with E-state index in [1.54, 1.807) is 7.11 Å². The smallest absolute Gasteiger partial charge is 0.123 e. The maximum Gasteiger partial charge on any atom is 0.123 e. The standard InChI is InChI=1S/C13H21NO2/c1-4-11-5-6-13(16-3)12(7-11)8-14-10(2)9-15/h5-7,10,14-15H,4,8-9H2,1-3H3. The van der Waals surface area contributed by atoms with Gasteiger partial charge >= 0.3 is 0 Å². The Morgan fingerprint density at radius 1 is 1.44 bits per heavy atom. The van der Waals surface area contributed by atoms with Gasteiger partial charge < -0.3 is 15.2 Å². The third-order valence-electron chi connectivity index (χ3n) is 2.67. The van der Waals surface area contributed by atoms with Crippen LogP contribution in [0.5, 0.6) is 5.75 Å². The Labute approximate surface area is 97.4 Å². The molecule has 0 heterocycles. The van der Waals surface area contributed by atoms with Gasteiger partial charge in [-0.1, -0.05) is 19.1 Å². The van der Waals surface area contributed by atoms with Crippen LogP contribution in [0.1, 0.15) is 25.0 Å². The molecule has 1 rings (SSSR count). The largest absolute Gasteiger partial charge is 0.496 e. The first-order chi connectivity index (χ1) is 7.71. The molecule has 3 nitrogen and oxygen atoms in total. The second kappa shape index (κ2) is 6.51. The second-order valence-electron chi connectivity index (χ2n) is 3.96. The van der Waals surface area contributed by atoms with Gasteiger partial charge in [0.1, 0.15) is 5.75 Å². The van der Waals surface area contributed by atoms with E-state index in [0.29, 0.717) is 0 Å². The summed E-state index contributed by atoms with van der Waals surface area (Å²) < 4.78 is 5.31. The number of ether oxygens (including phenoxy) is 1. The molecule has 90 valence electrons. The van der Waals surface area contributed by atoms with Crippen molar-refractivity contribution in [1.82, 2.24) is 5.32 Å². The fraction of sp³-hybridized carbons (Fsp3) is 0.538. The monoisotopic (exact) mass is 223 g/mol. The van der Waals surface area contributed by atoms with Crippen molar-refractivity contribution in [2.45, 2.75) is 32.9 Å². The van der Waals surface area contributed by atoms with E-state index in [2.05, 4.69) is 24.4 Å². The first kappa shape index (κ1) is 13.0. The van der Waals surface area contributed by atoms with Gasteiger partial charge in [-0.25, -0.2) is 0 Å². The van der Waals surface area contributed by atoms with E-state index < -0.39 is 0 Å². The number of benzene rings is 1. The van der Waals surface area contributed by atoms with Gasteiger partial charge in [0.05, 0.1) is 13.7 Å². The lowest BCUT2D eigenvalue weighted by Crippen LogP contribution is -2.28. The van der Waals surface area contributed by atoms with Crippen LogP contribution in [-0.4, -0.2) is 24.9 Å². The number of hydrogen-bond acceptors (Lipinski definition) is 3. The van der Waals surface area contributed by atoms with Crippen molar-refractivity contribution in [3.8, 4) is 5.75 Å². The highest BCUT2D eigenvalue weighted by Crippen LogP contribution is 2.20. The first-order valence-electron chi connectivity index (χ1n) is 5.71. The number of aliphatic hydroxyl groups excluding tert-OH is 1. The Hall–Kier alpha value is -1.06. The predicted octanol–water partition coefficient (Wildman–Crippen LogP) is 1.73. The molecule has 3 heteroatoms. The third-order valence-corrected chi connectivity index (χ3v) is 2.67. The number of nitrogens with one attached hydrogen (secondary N) is 1. The van der Waals surface area contributed by atoms with Crippen LogP contribution in [0.25, 0.3) is 0 Å². The van der Waals surface area contributed by atoms with Crippen molar-refractivity contribution in [2.24, 2.45) is 0 Å². The zero-order valence-corrected chi connectivity index (χ0v) is 10.3. The molecule has 16 heavy (non-hydrogen) atoms. The van der Waals surface area contributed by atoms with Crippen LogP contribution in [0.15, 0.2) is 18.2 Å². The molecular weight excluding hydrogens is 202 g/mol. The van der Waals surface area contributed by atoms with Crippen LogP contribution in [0.4, 0.5) is 0 Å². The van der Waals surface area contributed by atoms with Gasteiger partial charge in [0, 0.05) is 18.2 Å². The summed E-state index contributed by atoms with van der Waals surface area (Å²) in [7, 11) is 1.68. The van der Waals surface area contributed by atoms with Gasteiger partial charge in [-0.3, -0.25) is 0 Å². The molecule has 1 aromatic carbocycles. The van der Waals surface area contributed by atoms with Gasteiger partial charge in [0.15, 0.2) is 0 Å². The maximum absolute atomic E-state index is 8.95. The Morgan fingerprint density at radius 3 is 2.75 bits per heavy atom. The van der Waals surface area contributed by atoms with Gasteiger partial charge in [-0.15, -0.1) is 0 Å². The Kier molecular flexibility index (Phi) is 5.29. The van der Waals surface area contributed by atoms with E-state index in [4.69, 9.17) is 9.84 Å². The van der Waals surface area contributed by atoms with Crippen LogP contribution in [0.2, 0.25) is 0 Å². The van der Waals surface area contributed by atoms with Gasteiger partial charge in [0.2, 0.25) is 0 Å². The van der Waals surface area contributed by atoms with E-state index in [1.807, 2.05) is 13.0 Å². The molecule has 0 saturated carbocycles. The number of hydrogen-bond donors (Lipinski definition) is 2. The van der Waals surface area contributed by atoms with E-state index in [1.165, 1.54) is 5.56 Å². The summed E-state index contributed by atoms with van der Waals surface area (Å²) in [6.45, 7) is 4.96. The summed E-state index contributed by atoms with van der Waals surface area (Å²) in [6.07, 6.45) is 1.02. The summed E-state index contributed by atoms with van der Waals surface area (Å²) in [6, 6.07) is 6.34. The molecule has 1 unspecified atom stereocenters. The minimum absolute atomic E-state index is 0.106. The van der Waals surface area contributed by atoms with Crippen LogP contribution in [-0.2, 0) is 13.0 Å². The summed E-state index contributed by atoms with van der Waals surface area (Å²) in [5.74, 6) is 0.898. The molecule has 1 aromatic rings. The van der Waals surface area contributed by atoms with Crippen molar-refractivity contribution in [3.63, 3.8) is 0 Å². The normalized spacial score (nSPS) is 12.5. The van der Waals surface area contributed by atoms with Crippen molar-refractivity contribution in [3.05, 3.63) is 29.3 Å². The third kappa shape index (κ3) is 3.51. The number of aliphatic hydroxyl groups is 1. The van der Waals surface area contributed by atoms with Crippen LogP contribution in [0.3, 0.4) is 0 Å². The van der Waals surface area contributed by atoms with E-state index >= 15 is 0 Å². The van der Waals surface area contributed by atoms with Gasteiger partial charge in [-0.2, -0.15) is 0 Å². The van der Waals surface area contributed by atoms with Crippen molar-refractivity contribution in [2.75, 3.05) is 13.7 Å². The summed E-state index contributed by atoms with van der Waals surface area (Å²) in [4.78, 5) is 0. The minimum atomic E-state index is 0.106. The Balaban J connectivity index is 2.75. The highest BCUT2D eigenvalue weighted by Gasteiger charge is 2.05. The van der Waals surface area contributed by atoms with Gasteiger partial charge in [-0.05, 0) is 25.0 Å². The quantitative estimate of drug-likeness (QED) is 0.771. The maximum atomic E-state index is 8.95. The molecule has 0 aliphatic carbocycles. The molecule has 2 N–H and O–H groups in total. The fourth-order valence-electron chi connectivity index (χ4n) is 1.54. The van der Waals surface area contributed by atoms with Crippen LogP contribution < -0.4 is 10.1 Å². The topological polar surface area (TPSA) is 41.5 Å². The van der Waals surface area contributed by atoms with E-state index in [0.717, 1.165) is 24.3 Å². The number of methoxy groups -OCH3 is 1. The second-order valence-corrected chi connectivity index (χ2v) is 3.96. The molecule has 0 aliphatic rings. The number of aryl methyl sites for hydroxylation is 1. The number of rotatable bonds is 6. The summed E-state index contributed by atoms with van der Waals surface area (Å²) in [5, 5.41) is 12.2. The Bertz CT molecular complexity index is 326. The molecule has 0 aliphatic heterocycles. The van der Waals surface area contributed by atoms with E-state index in [9.17, 15) is 0 Å². The molecule has 0 bridgehead atoms. The zero-order chi connectivity index (χ0) is 12.0. The highest BCUT2D eigenvalue weighted by atomic mass is 16.5. The molecule has 0 spiro atoms. The molecular formula is C13H21NO2. The predicted molar refractivity (Wildman–Crippen MR) is 65.8 cm³/mol. The van der Waals surface area contributed by atoms with Crippen molar-refractivity contribution in [1.29, 1.82) is 0 Å². The fourth-order valence-corrected chi connectivity index (χ4v) is 1.54. The lowest BCUT2D eigenvalue weighted by Gasteiger charge is -2.14. The summed E-state index contributed by atoms with van der Waals surface area (Å²) in [5.41, 5.74) is 2.44. The first-order valence-corrected chi connectivity index (χ1v) is 5.71. The molecule has 1 atom stereocenters. The van der Waals surface area contributed by atoms with Gasteiger partial charge in [0.25, 0.3) is 0 Å². The lowest BCUT2D eigenvalue weighted by atomic mass is 10.1. The average Bonchev–Trinajstić information content (AvgIpc) is 2.35. The molecule has 0 radical (unpaired) electrons. The molecule has 0 amide bonds. The SMILES string of the molecule is CCc1ccc(OC)c(CNC(C)CO)c1. The zero-order valence-electron chi connectivity index (χ0n) is 10.3. The van der Waals surface area contributed by atoms with Crippen LogP contribution in [0, 0.1) is 0 Å².